The second-order valence-electron chi connectivity index (χ2n) is 7.49. The number of nitrogens with zero attached hydrogens (tertiary/aromatic N) is 3. The van der Waals surface area contributed by atoms with E-state index in [0.717, 1.165) is 53.7 Å². The number of likely N-dealkylation sites (tertiary alicyclic amines) is 1. The smallest absolute Gasteiger partial charge is 0.254 e. The van der Waals surface area contributed by atoms with Crippen molar-refractivity contribution in [2.45, 2.75) is 31.3 Å². The lowest BCUT2D eigenvalue weighted by molar-refractivity contribution is 0.0750. The number of rotatable bonds is 2. The standard InChI is InChI=1S/C22H22N4O/c27-22(26-11-9-16-7-8-17(14-26)24-16)19-12-21(15-4-3-10-23-13-15)25-20-6-2-1-5-18(19)20/h1-6,10,12-13,16-17,24H,7-9,11,14H2. The summed E-state index contributed by atoms with van der Waals surface area (Å²) in [6, 6.07) is 14.7. The third kappa shape index (κ3) is 3.08. The van der Waals surface area contributed by atoms with Gasteiger partial charge < -0.3 is 10.2 Å². The van der Waals surface area contributed by atoms with Crippen molar-refractivity contribution >= 4 is 16.8 Å². The van der Waals surface area contributed by atoms with Crippen molar-refractivity contribution in [2.24, 2.45) is 0 Å². The molecule has 136 valence electrons. The van der Waals surface area contributed by atoms with Gasteiger partial charge in [-0.25, -0.2) is 4.98 Å². The fourth-order valence-corrected chi connectivity index (χ4v) is 4.31. The fourth-order valence-electron chi connectivity index (χ4n) is 4.31. The fraction of sp³-hybridized carbons (Fsp3) is 0.318. The minimum atomic E-state index is 0.105. The van der Waals surface area contributed by atoms with Gasteiger partial charge in [-0.1, -0.05) is 18.2 Å². The predicted molar refractivity (Wildman–Crippen MR) is 105 cm³/mol. The highest BCUT2D eigenvalue weighted by molar-refractivity contribution is 6.07. The summed E-state index contributed by atoms with van der Waals surface area (Å²) in [5.74, 6) is 0.105. The van der Waals surface area contributed by atoms with Gasteiger partial charge in [0.2, 0.25) is 0 Å². The van der Waals surface area contributed by atoms with Crippen molar-refractivity contribution in [1.29, 1.82) is 0 Å². The third-order valence-corrected chi connectivity index (χ3v) is 5.71. The summed E-state index contributed by atoms with van der Waals surface area (Å²) in [6.45, 7) is 1.60. The first-order valence-corrected chi connectivity index (χ1v) is 9.63. The second-order valence-corrected chi connectivity index (χ2v) is 7.49. The predicted octanol–water partition coefficient (Wildman–Crippen LogP) is 3.26. The molecule has 3 aromatic rings. The molecular formula is C22H22N4O. The van der Waals surface area contributed by atoms with Gasteiger partial charge in [-0.2, -0.15) is 0 Å². The van der Waals surface area contributed by atoms with Gasteiger partial charge in [0, 0.05) is 48.5 Å². The molecule has 0 saturated carbocycles. The summed E-state index contributed by atoms with van der Waals surface area (Å²) in [6.07, 6.45) is 6.96. The molecule has 5 nitrogen and oxygen atoms in total. The molecule has 0 spiro atoms. The highest BCUT2D eigenvalue weighted by Crippen LogP contribution is 2.27. The quantitative estimate of drug-likeness (QED) is 0.764. The molecule has 2 atom stereocenters. The van der Waals surface area contributed by atoms with Crippen LogP contribution in [-0.2, 0) is 0 Å². The van der Waals surface area contributed by atoms with Gasteiger partial charge in [-0.3, -0.25) is 9.78 Å². The maximum absolute atomic E-state index is 13.5. The van der Waals surface area contributed by atoms with Gasteiger partial charge in [0.25, 0.3) is 5.91 Å². The van der Waals surface area contributed by atoms with E-state index in [4.69, 9.17) is 4.98 Å². The Balaban J connectivity index is 1.58. The first-order valence-electron chi connectivity index (χ1n) is 9.63. The van der Waals surface area contributed by atoms with Gasteiger partial charge in [0.1, 0.15) is 0 Å². The largest absolute Gasteiger partial charge is 0.337 e. The number of pyridine rings is 2. The average Bonchev–Trinajstić information content (AvgIpc) is 3.06. The summed E-state index contributed by atoms with van der Waals surface area (Å²) < 4.78 is 0. The molecule has 1 amide bonds. The van der Waals surface area contributed by atoms with Gasteiger partial charge in [-0.15, -0.1) is 0 Å². The SMILES string of the molecule is O=C(c1cc(-c2cccnc2)nc2ccccc12)N1CCC2CCC(C1)N2. The number of amides is 1. The van der Waals surface area contributed by atoms with Crippen LogP contribution in [0.25, 0.3) is 22.2 Å². The van der Waals surface area contributed by atoms with Crippen LogP contribution >= 0.6 is 0 Å². The Morgan fingerprint density at radius 2 is 1.96 bits per heavy atom. The number of carbonyl (C=O) groups excluding carboxylic acids is 1. The summed E-state index contributed by atoms with van der Waals surface area (Å²) in [5, 5.41) is 4.56. The van der Waals surface area contributed by atoms with E-state index in [-0.39, 0.29) is 5.91 Å². The molecule has 0 radical (unpaired) electrons. The molecule has 4 heterocycles. The van der Waals surface area contributed by atoms with Crippen LogP contribution in [-0.4, -0.2) is 45.9 Å². The molecule has 2 saturated heterocycles. The summed E-state index contributed by atoms with van der Waals surface area (Å²) in [4.78, 5) is 24.5. The molecular weight excluding hydrogens is 336 g/mol. The monoisotopic (exact) mass is 358 g/mol. The van der Waals surface area contributed by atoms with Crippen molar-refractivity contribution in [2.75, 3.05) is 13.1 Å². The van der Waals surface area contributed by atoms with Gasteiger partial charge in [0.15, 0.2) is 0 Å². The summed E-state index contributed by atoms with van der Waals surface area (Å²) in [7, 11) is 0. The van der Waals surface area contributed by atoms with Crippen molar-refractivity contribution in [3.63, 3.8) is 0 Å². The Kier molecular flexibility index (Phi) is 4.09. The lowest BCUT2D eigenvalue weighted by Gasteiger charge is -2.25. The van der Waals surface area contributed by atoms with Crippen molar-refractivity contribution in [1.82, 2.24) is 20.2 Å². The number of para-hydroxylation sites is 1. The first-order chi connectivity index (χ1) is 13.3. The number of nitrogens with one attached hydrogen (secondary N) is 1. The number of fused-ring (bicyclic) bond motifs is 3. The average molecular weight is 358 g/mol. The molecule has 2 aromatic heterocycles. The van der Waals surface area contributed by atoms with Crippen LogP contribution in [0.4, 0.5) is 0 Å². The molecule has 1 aromatic carbocycles. The highest BCUT2D eigenvalue weighted by atomic mass is 16.2. The van der Waals surface area contributed by atoms with Crippen LogP contribution in [0.2, 0.25) is 0 Å². The summed E-state index contributed by atoms with van der Waals surface area (Å²) >= 11 is 0. The van der Waals surface area contributed by atoms with E-state index in [9.17, 15) is 4.79 Å². The van der Waals surface area contributed by atoms with Crippen LogP contribution in [0.1, 0.15) is 29.6 Å². The van der Waals surface area contributed by atoms with E-state index in [1.54, 1.807) is 12.4 Å². The summed E-state index contributed by atoms with van der Waals surface area (Å²) in [5.41, 5.74) is 3.29. The van der Waals surface area contributed by atoms with Gasteiger partial charge in [0.05, 0.1) is 16.8 Å². The Hall–Kier alpha value is -2.79. The third-order valence-electron chi connectivity index (χ3n) is 5.71. The van der Waals surface area contributed by atoms with Crippen molar-refractivity contribution < 1.29 is 4.79 Å². The minimum absolute atomic E-state index is 0.105. The molecule has 5 heteroatoms. The maximum atomic E-state index is 13.5. The zero-order valence-corrected chi connectivity index (χ0v) is 15.1. The Morgan fingerprint density at radius 3 is 2.85 bits per heavy atom. The molecule has 27 heavy (non-hydrogen) atoms. The van der Waals surface area contributed by atoms with Crippen molar-refractivity contribution in [3.05, 3.63) is 60.4 Å². The lowest BCUT2D eigenvalue weighted by Crippen LogP contribution is -2.39. The Morgan fingerprint density at radius 1 is 1.07 bits per heavy atom. The van der Waals surface area contributed by atoms with Crippen LogP contribution < -0.4 is 5.32 Å². The highest BCUT2D eigenvalue weighted by Gasteiger charge is 2.32. The number of aromatic nitrogens is 2. The Labute approximate surface area is 158 Å². The molecule has 2 unspecified atom stereocenters. The first kappa shape index (κ1) is 16.4. The number of benzene rings is 1. The lowest BCUT2D eigenvalue weighted by atomic mass is 10.0. The number of hydrogen-bond acceptors (Lipinski definition) is 4. The van der Waals surface area contributed by atoms with E-state index in [0.29, 0.717) is 12.1 Å². The number of hydrogen-bond donors (Lipinski definition) is 1. The van der Waals surface area contributed by atoms with Gasteiger partial charge in [-0.05, 0) is 43.5 Å². The molecule has 5 rings (SSSR count). The van der Waals surface area contributed by atoms with Crippen LogP contribution in [0.3, 0.4) is 0 Å². The second kappa shape index (κ2) is 6.74. The van der Waals surface area contributed by atoms with E-state index in [1.807, 2.05) is 47.4 Å². The number of carbonyl (C=O) groups is 1. The topological polar surface area (TPSA) is 58.1 Å². The molecule has 2 fully saturated rings. The Bertz CT molecular complexity index is 988. The maximum Gasteiger partial charge on any atom is 0.254 e. The molecule has 2 aliphatic rings. The van der Waals surface area contributed by atoms with E-state index >= 15 is 0 Å². The minimum Gasteiger partial charge on any atom is -0.337 e. The van der Waals surface area contributed by atoms with Gasteiger partial charge >= 0.3 is 0 Å². The zero-order chi connectivity index (χ0) is 18.2. The zero-order valence-electron chi connectivity index (χ0n) is 15.1. The van der Waals surface area contributed by atoms with E-state index in [2.05, 4.69) is 10.3 Å². The van der Waals surface area contributed by atoms with E-state index in [1.165, 1.54) is 6.42 Å². The van der Waals surface area contributed by atoms with Crippen LogP contribution in [0.15, 0.2) is 54.9 Å². The van der Waals surface area contributed by atoms with Crippen LogP contribution in [0.5, 0.6) is 0 Å². The van der Waals surface area contributed by atoms with E-state index < -0.39 is 0 Å². The molecule has 2 bridgehead atoms. The molecule has 2 aliphatic heterocycles. The van der Waals surface area contributed by atoms with Crippen LogP contribution in [0, 0.1) is 0 Å². The molecule has 0 aliphatic carbocycles. The molecule has 1 N–H and O–H groups in total. The normalized spacial score (nSPS) is 22.0. The van der Waals surface area contributed by atoms with Crippen molar-refractivity contribution in [3.8, 4) is 11.3 Å².